The number of carboxylic acids is 1. The summed E-state index contributed by atoms with van der Waals surface area (Å²) in [5.41, 5.74) is 1.37. The Morgan fingerprint density at radius 1 is 1.33 bits per heavy atom. The van der Waals surface area contributed by atoms with Gasteiger partial charge in [-0.25, -0.2) is 9.78 Å². The summed E-state index contributed by atoms with van der Waals surface area (Å²) in [6.07, 6.45) is 0.617. The quantitative estimate of drug-likeness (QED) is 0.785. The minimum atomic E-state index is -5.08. The monoisotopic (exact) mass is 444 g/mol. The molecular weight excluding hydrogens is 421 g/mol. The molecule has 0 aliphatic carbocycles. The fourth-order valence-corrected chi connectivity index (χ4v) is 4.37. The van der Waals surface area contributed by atoms with Crippen molar-refractivity contribution in [2.24, 2.45) is 5.92 Å². The van der Waals surface area contributed by atoms with Gasteiger partial charge in [0, 0.05) is 57.5 Å². The second-order valence-electron chi connectivity index (χ2n) is 7.41. The summed E-state index contributed by atoms with van der Waals surface area (Å²) in [6, 6.07) is 2.20. The maximum atomic E-state index is 12.0. The van der Waals surface area contributed by atoms with E-state index in [0.717, 1.165) is 57.9 Å². The number of hydrogen-bond acceptors (Lipinski definition) is 5. The average molecular weight is 444 g/mol. The highest BCUT2D eigenvalue weighted by atomic mass is 32.1. The van der Waals surface area contributed by atoms with Crippen LogP contribution in [0.1, 0.15) is 24.2 Å². The second kappa shape index (κ2) is 9.61. The largest absolute Gasteiger partial charge is 0.490 e. The summed E-state index contributed by atoms with van der Waals surface area (Å²) in [6.45, 7) is 5.61. The van der Waals surface area contributed by atoms with Crippen LogP contribution in [0.25, 0.3) is 0 Å². The summed E-state index contributed by atoms with van der Waals surface area (Å²) >= 11 is 1.75. The molecule has 11 heteroatoms. The molecule has 1 saturated heterocycles. The summed E-state index contributed by atoms with van der Waals surface area (Å²) in [4.78, 5) is 29.9. The molecule has 30 heavy (non-hydrogen) atoms. The van der Waals surface area contributed by atoms with Gasteiger partial charge in [0.1, 0.15) is 5.82 Å². The number of rotatable bonds is 4. The van der Waals surface area contributed by atoms with Gasteiger partial charge in [-0.05, 0) is 28.8 Å². The SMILES string of the molecule is O=C(O)C(F)(F)F.O=C1CCCN1CC1CN(Cc2ccsc2)Cc2nccn2C1. The number of likely N-dealkylation sites (tertiary alicyclic amines) is 1. The molecule has 1 N–H and O–H groups in total. The van der Waals surface area contributed by atoms with Crippen molar-refractivity contribution < 1.29 is 27.9 Å². The molecule has 1 fully saturated rings. The van der Waals surface area contributed by atoms with E-state index in [0.29, 0.717) is 11.8 Å². The standard InChI is InChI=1S/C17H22N4OS.C2HF3O2/c22-17-2-1-5-21(17)11-15-9-19(8-14-3-7-23-13-14)12-16-18-4-6-20(16)10-15;3-2(4,5)1(6)7/h3-4,6-7,13,15H,1-2,5,8-12H2;(H,6,7). The fraction of sp³-hybridized carbons (Fsp3) is 0.526. The minimum absolute atomic E-state index is 0.324. The van der Waals surface area contributed by atoms with E-state index in [2.05, 4.69) is 42.4 Å². The molecule has 2 aliphatic heterocycles. The number of imidazole rings is 1. The predicted molar refractivity (Wildman–Crippen MR) is 104 cm³/mol. The Labute approximate surface area is 175 Å². The minimum Gasteiger partial charge on any atom is -0.475 e. The third-order valence-electron chi connectivity index (χ3n) is 5.02. The molecule has 2 aromatic rings. The van der Waals surface area contributed by atoms with Crippen molar-refractivity contribution in [3.05, 3.63) is 40.6 Å². The van der Waals surface area contributed by atoms with Crippen molar-refractivity contribution >= 4 is 23.2 Å². The third-order valence-corrected chi connectivity index (χ3v) is 5.75. The van der Waals surface area contributed by atoms with E-state index in [9.17, 15) is 18.0 Å². The molecule has 1 amide bonds. The number of alkyl halides is 3. The number of carboxylic acid groups (broad SMARTS) is 1. The lowest BCUT2D eigenvalue weighted by Gasteiger charge is -2.27. The molecule has 7 nitrogen and oxygen atoms in total. The molecule has 0 aromatic carbocycles. The summed E-state index contributed by atoms with van der Waals surface area (Å²) < 4.78 is 34.0. The number of aliphatic carboxylic acids is 1. The van der Waals surface area contributed by atoms with Crippen molar-refractivity contribution in [2.45, 2.75) is 38.7 Å². The van der Waals surface area contributed by atoms with Crippen LogP contribution >= 0.6 is 11.3 Å². The van der Waals surface area contributed by atoms with E-state index in [4.69, 9.17) is 9.90 Å². The number of carbonyl (C=O) groups is 2. The van der Waals surface area contributed by atoms with Gasteiger partial charge in [0.2, 0.25) is 5.91 Å². The van der Waals surface area contributed by atoms with Crippen molar-refractivity contribution in [2.75, 3.05) is 19.6 Å². The maximum absolute atomic E-state index is 12.0. The molecule has 1 atom stereocenters. The lowest BCUT2D eigenvalue weighted by Crippen LogP contribution is -2.37. The molecule has 4 rings (SSSR count). The van der Waals surface area contributed by atoms with Crippen LogP contribution in [-0.2, 0) is 29.2 Å². The molecule has 0 spiro atoms. The van der Waals surface area contributed by atoms with Gasteiger partial charge in [-0.15, -0.1) is 0 Å². The first-order chi connectivity index (χ1) is 14.2. The first kappa shape index (κ1) is 22.3. The number of hydrogen-bond donors (Lipinski definition) is 1. The van der Waals surface area contributed by atoms with Gasteiger partial charge in [-0.3, -0.25) is 9.69 Å². The van der Waals surface area contributed by atoms with Crippen LogP contribution in [0.4, 0.5) is 13.2 Å². The molecular formula is C19H23F3N4O3S. The Morgan fingerprint density at radius 3 is 2.70 bits per heavy atom. The van der Waals surface area contributed by atoms with E-state index in [1.54, 1.807) is 11.3 Å². The van der Waals surface area contributed by atoms with Gasteiger partial charge in [-0.1, -0.05) is 0 Å². The Bertz CT molecular complexity index is 854. The zero-order valence-corrected chi connectivity index (χ0v) is 17.0. The number of amides is 1. The summed E-state index contributed by atoms with van der Waals surface area (Å²) in [5, 5.41) is 11.5. The molecule has 1 unspecified atom stereocenters. The Balaban J connectivity index is 0.000000318. The highest BCUT2D eigenvalue weighted by Gasteiger charge is 2.38. The number of halogens is 3. The molecule has 164 valence electrons. The average Bonchev–Trinajstić information content (AvgIpc) is 3.38. The predicted octanol–water partition coefficient (Wildman–Crippen LogP) is 2.83. The molecule has 2 aromatic heterocycles. The zero-order chi connectivity index (χ0) is 21.7. The smallest absolute Gasteiger partial charge is 0.475 e. The Hall–Kier alpha value is -2.40. The first-order valence-corrected chi connectivity index (χ1v) is 10.5. The topological polar surface area (TPSA) is 78.7 Å². The number of carbonyl (C=O) groups excluding carboxylic acids is 1. The highest BCUT2D eigenvalue weighted by Crippen LogP contribution is 2.21. The third kappa shape index (κ3) is 6.05. The van der Waals surface area contributed by atoms with Crippen LogP contribution in [0.2, 0.25) is 0 Å². The fourth-order valence-electron chi connectivity index (χ4n) is 3.71. The van der Waals surface area contributed by atoms with Crippen LogP contribution in [0.5, 0.6) is 0 Å². The molecule has 0 radical (unpaired) electrons. The van der Waals surface area contributed by atoms with Crippen molar-refractivity contribution in [1.82, 2.24) is 19.4 Å². The maximum Gasteiger partial charge on any atom is 0.490 e. The number of fused-ring (bicyclic) bond motifs is 1. The van der Waals surface area contributed by atoms with E-state index in [-0.39, 0.29) is 0 Å². The first-order valence-electron chi connectivity index (χ1n) is 9.53. The summed E-state index contributed by atoms with van der Waals surface area (Å²) in [5.74, 6) is -0.835. The molecule has 0 bridgehead atoms. The van der Waals surface area contributed by atoms with Gasteiger partial charge in [0.15, 0.2) is 0 Å². The van der Waals surface area contributed by atoms with Crippen molar-refractivity contribution in [3.8, 4) is 0 Å². The number of aromatic nitrogens is 2. The second-order valence-corrected chi connectivity index (χ2v) is 8.19. The Kier molecular flexibility index (Phi) is 7.14. The number of thiophene rings is 1. The lowest BCUT2D eigenvalue weighted by atomic mass is 10.1. The van der Waals surface area contributed by atoms with Crippen LogP contribution in [0.3, 0.4) is 0 Å². The van der Waals surface area contributed by atoms with E-state index in [1.165, 1.54) is 5.56 Å². The van der Waals surface area contributed by atoms with E-state index < -0.39 is 12.1 Å². The molecule has 0 saturated carbocycles. The normalized spacial score (nSPS) is 19.8. The van der Waals surface area contributed by atoms with Crippen LogP contribution < -0.4 is 0 Å². The Morgan fingerprint density at radius 2 is 2.10 bits per heavy atom. The number of nitrogens with zero attached hydrogens (tertiary/aromatic N) is 4. The molecule has 2 aliphatic rings. The van der Waals surface area contributed by atoms with Crippen LogP contribution in [0, 0.1) is 5.92 Å². The van der Waals surface area contributed by atoms with Gasteiger partial charge in [-0.2, -0.15) is 24.5 Å². The highest BCUT2D eigenvalue weighted by molar-refractivity contribution is 7.07. The van der Waals surface area contributed by atoms with Gasteiger partial charge < -0.3 is 14.6 Å². The van der Waals surface area contributed by atoms with Crippen LogP contribution in [0.15, 0.2) is 29.2 Å². The lowest BCUT2D eigenvalue weighted by molar-refractivity contribution is -0.192. The van der Waals surface area contributed by atoms with Gasteiger partial charge >= 0.3 is 12.1 Å². The zero-order valence-electron chi connectivity index (χ0n) is 16.2. The summed E-state index contributed by atoms with van der Waals surface area (Å²) in [7, 11) is 0. The van der Waals surface area contributed by atoms with Crippen LogP contribution in [-0.4, -0.2) is 62.1 Å². The molecule has 4 heterocycles. The van der Waals surface area contributed by atoms with Crippen molar-refractivity contribution in [3.63, 3.8) is 0 Å². The van der Waals surface area contributed by atoms with Gasteiger partial charge in [0.05, 0.1) is 6.54 Å². The van der Waals surface area contributed by atoms with E-state index >= 15 is 0 Å². The van der Waals surface area contributed by atoms with Crippen molar-refractivity contribution in [1.29, 1.82) is 0 Å². The van der Waals surface area contributed by atoms with Gasteiger partial charge in [0.25, 0.3) is 0 Å². The van der Waals surface area contributed by atoms with E-state index in [1.807, 2.05) is 6.20 Å².